The average Bonchev–Trinajstić information content (AvgIpc) is 2.54. The maximum absolute atomic E-state index is 4.30. The summed E-state index contributed by atoms with van der Waals surface area (Å²) >= 11 is 0. The normalized spacial score (nSPS) is 19.0. The van der Waals surface area contributed by atoms with E-state index in [-0.39, 0.29) is 0 Å². The zero-order valence-electron chi connectivity index (χ0n) is 9.45. The summed E-state index contributed by atoms with van der Waals surface area (Å²) in [6.45, 7) is 8.74. The van der Waals surface area contributed by atoms with Gasteiger partial charge in [-0.1, -0.05) is 0 Å². The van der Waals surface area contributed by atoms with E-state index >= 15 is 0 Å². The Morgan fingerprint density at radius 1 is 1.40 bits per heavy atom. The Balaban J connectivity index is 1.89. The molecule has 0 amide bonds. The highest BCUT2D eigenvalue weighted by Gasteiger charge is 2.09. The van der Waals surface area contributed by atoms with Crippen LogP contribution in [0.5, 0.6) is 0 Å². The Kier molecular flexibility index (Phi) is 3.75. The van der Waals surface area contributed by atoms with Crippen LogP contribution in [0.15, 0.2) is 12.4 Å². The highest BCUT2D eigenvalue weighted by Crippen LogP contribution is 2.05. The molecule has 1 aromatic heterocycles. The van der Waals surface area contributed by atoms with Gasteiger partial charge in [-0.15, -0.1) is 0 Å². The fraction of sp³-hybridized carbons (Fsp3) is 0.727. The summed E-state index contributed by atoms with van der Waals surface area (Å²) in [5, 5.41) is 7.71. The lowest BCUT2D eigenvalue weighted by molar-refractivity contribution is 0.284. The Morgan fingerprint density at radius 2 is 2.33 bits per heavy atom. The Bertz CT molecular complexity index is 287. The summed E-state index contributed by atoms with van der Waals surface area (Å²) in [6.07, 6.45) is 5.39. The van der Waals surface area contributed by atoms with Crippen molar-refractivity contribution in [1.29, 1.82) is 0 Å². The summed E-state index contributed by atoms with van der Waals surface area (Å²) in [5.41, 5.74) is 1.33. The first-order valence-corrected chi connectivity index (χ1v) is 5.83. The predicted molar refractivity (Wildman–Crippen MR) is 60.7 cm³/mol. The number of aryl methyl sites for hydroxylation is 1. The van der Waals surface area contributed by atoms with Gasteiger partial charge in [-0.3, -0.25) is 9.58 Å². The molecule has 0 bridgehead atoms. The molecule has 4 heteroatoms. The Labute approximate surface area is 91.3 Å². The predicted octanol–water partition coefficient (Wildman–Crippen LogP) is 0.698. The molecule has 2 heterocycles. The molecule has 1 fully saturated rings. The van der Waals surface area contributed by atoms with Gasteiger partial charge < -0.3 is 5.32 Å². The summed E-state index contributed by atoms with van der Waals surface area (Å²) in [4.78, 5) is 2.50. The molecule has 1 N–H and O–H groups in total. The number of hydrogen-bond acceptors (Lipinski definition) is 3. The Hall–Kier alpha value is -0.870. The van der Waals surface area contributed by atoms with Gasteiger partial charge in [0.05, 0.1) is 6.20 Å². The molecule has 0 saturated carbocycles. The van der Waals surface area contributed by atoms with Crippen LogP contribution in [0.25, 0.3) is 0 Å². The molecule has 0 aromatic carbocycles. The third kappa shape index (κ3) is 3.04. The summed E-state index contributed by atoms with van der Waals surface area (Å²) in [7, 11) is 0. The second-order valence-electron chi connectivity index (χ2n) is 4.08. The van der Waals surface area contributed by atoms with E-state index < -0.39 is 0 Å². The van der Waals surface area contributed by atoms with Gasteiger partial charge in [-0.05, 0) is 26.4 Å². The van der Waals surface area contributed by atoms with Crippen LogP contribution in [0.4, 0.5) is 0 Å². The molecular weight excluding hydrogens is 188 g/mol. The first-order valence-electron chi connectivity index (χ1n) is 5.83. The van der Waals surface area contributed by atoms with Gasteiger partial charge in [0.1, 0.15) is 0 Å². The van der Waals surface area contributed by atoms with Gasteiger partial charge in [-0.2, -0.15) is 5.10 Å². The minimum atomic E-state index is 0.960. The fourth-order valence-corrected chi connectivity index (χ4v) is 1.98. The maximum Gasteiger partial charge on any atom is 0.0534 e. The number of rotatable bonds is 3. The SMILES string of the molecule is CCn1cc(CN2CCCNCC2)cn1. The van der Waals surface area contributed by atoms with Crippen molar-refractivity contribution in [3.63, 3.8) is 0 Å². The highest BCUT2D eigenvalue weighted by atomic mass is 15.3. The van der Waals surface area contributed by atoms with E-state index in [0.717, 1.165) is 32.7 Å². The molecule has 0 aliphatic carbocycles. The molecule has 1 aromatic rings. The van der Waals surface area contributed by atoms with E-state index in [1.54, 1.807) is 0 Å². The van der Waals surface area contributed by atoms with Crippen LogP contribution in [0.2, 0.25) is 0 Å². The third-order valence-corrected chi connectivity index (χ3v) is 2.85. The van der Waals surface area contributed by atoms with Crippen LogP contribution >= 0.6 is 0 Å². The molecule has 0 atom stereocenters. The molecule has 1 saturated heterocycles. The quantitative estimate of drug-likeness (QED) is 0.793. The molecule has 4 nitrogen and oxygen atoms in total. The largest absolute Gasteiger partial charge is 0.315 e. The van der Waals surface area contributed by atoms with E-state index in [0.29, 0.717) is 0 Å². The highest BCUT2D eigenvalue weighted by molar-refractivity contribution is 5.03. The standard InChI is InChI=1S/C11H20N4/c1-2-15-10-11(8-13-15)9-14-6-3-4-12-5-7-14/h8,10,12H,2-7,9H2,1H3. The van der Waals surface area contributed by atoms with Gasteiger partial charge in [0, 0.05) is 37.9 Å². The summed E-state index contributed by atoms with van der Waals surface area (Å²) in [6, 6.07) is 0. The second-order valence-corrected chi connectivity index (χ2v) is 4.08. The van der Waals surface area contributed by atoms with Crippen LogP contribution in [0, 0.1) is 0 Å². The first-order chi connectivity index (χ1) is 7.38. The van der Waals surface area contributed by atoms with Crippen molar-refractivity contribution < 1.29 is 0 Å². The van der Waals surface area contributed by atoms with Gasteiger partial charge in [0.2, 0.25) is 0 Å². The molecular formula is C11H20N4. The molecule has 1 aliphatic heterocycles. The second kappa shape index (κ2) is 5.28. The minimum Gasteiger partial charge on any atom is -0.315 e. The summed E-state index contributed by atoms with van der Waals surface area (Å²) < 4.78 is 1.99. The van der Waals surface area contributed by atoms with Crippen molar-refractivity contribution >= 4 is 0 Å². The van der Waals surface area contributed by atoms with Gasteiger partial charge in [-0.25, -0.2) is 0 Å². The first kappa shape index (κ1) is 10.6. The smallest absolute Gasteiger partial charge is 0.0534 e. The van der Waals surface area contributed by atoms with Crippen molar-refractivity contribution in [2.45, 2.75) is 26.4 Å². The van der Waals surface area contributed by atoms with Crippen molar-refractivity contribution in [1.82, 2.24) is 20.0 Å². The van der Waals surface area contributed by atoms with Gasteiger partial charge in [0.15, 0.2) is 0 Å². The van der Waals surface area contributed by atoms with E-state index in [9.17, 15) is 0 Å². The van der Waals surface area contributed by atoms with E-state index in [1.165, 1.54) is 18.5 Å². The van der Waals surface area contributed by atoms with Crippen LogP contribution in [-0.4, -0.2) is 40.9 Å². The average molecular weight is 208 g/mol. The van der Waals surface area contributed by atoms with Crippen molar-refractivity contribution in [3.8, 4) is 0 Å². The zero-order chi connectivity index (χ0) is 10.5. The topological polar surface area (TPSA) is 33.1 Å². The molecule has 0 spiro atoms. The number of nitrogens with one attached hydrogen (secondary N) is 1. The molecule has 84 valence electrons. The van der Waals surface area contributed by atoms with E-state index in [1.807, 2.05) is 10.9 Å². The fourth-order valence-electron chi connectivity index (χ4n) is 1.98. The minimum absolute atomic E-state index is 0.960. The number of aromatic nitrogens is 2. The van der Waals surface area contributed by atoms with Crippen LogP contribution in [0.3, 0.4) is 0 Å². The lowest BCUT2D eigenvalue weighted by atomic mass is 10.3. The van der Waals surface area contributed by atoms with Gasteiger partial charge >= 0.3 is 0 Å². The van der Waals surface area contributed by atoms with Crippen molar-refractivity contribution in [2.75, 3.05) is 26.2 Å². The maximum atomic E-state index is 4.30. The monoisotopic (exact) mass is 208 g/mol. The van der Waals surface area contributed by atoms with E-state index in [4.69, 9.17) is 0 Å². The molecule has 15 heavy (non-hydrogen) atoms. The van der Waals surface area contributed by atoms with Crippen molar-refractivity contribution in [2.24, 2.45) is 0 Å². The van der Waals surface area contributed by atoms with Crippen molar-refractivity contribution in [3.05, 3.63) is 18.0 Å². The lowest BCUT2D eigenvalue weighted by Gasteiger charge is -2.17. The van der Waals surface area contributed by atoms with Crippen LogP contribution < -0.4 is 5.32 Å². The zero-order valence-corrected chi connectivity index (χ0v) is 9.45. The molecule has 0 radical (unpaired) electrons. The molecule has 1 aliphatic rings. The number of nitrogens with zero attached hydrogens (tertiary/aromatic N) is 3. The number of hydrogen-bond donors (Lipinski definition) is 1. The van der Waals surface area contributed by atoms with E-state index in [2.05, 4.69) is 28.4 Å². The Morgan fingerprint density at radius 3 is 3.13 bits per heavy atom. The van der Waals surface area contributed by atoms with Crippen LogP contribution in [-0.2, 0) is 13.1 Å². The lowest BCUT2D eigenvalue weighted by Crippen LogP contribution is -2.27. The van der Waals surface area contributed by atoms with Crippen LogP contribution in [0.1, 0.15) is 18.9 Å². The summed E-state index contributed by atoms with van der Waals surface area (Å²) in [5.74, 6) is 0. The van der Waals surface area contributed by atoms with Gasteiger partial charge in [0.25, 0.3) is 0 Å². The molecule has 2 rings (SSSR count). The third-order valence-electron chi connectivity index (χ3n) is 2.85. The molecule has 0 unspecified atom stereocenters.